The highest BCUT2D eigenvalue weighted by Gasteiger charge is 2.21. The molecule has 0 saturated carbocycles. The highest BCUT2D eigenvalue weighted by Crippen LogP contribution is 2.30. The average Bonchev–Trinajstić information content (AvgIpc) is 3.60. The Labute approximate surface area is 242 Å². The molecule has 2 aromatic heterocycles. The van der Waals surface area contributed by atoms with Gasteiger partial charge in [0.05, 0.1) is 11.4 Å². The number of carbonyl (C=O) groups excluding carboxylic acids is 1. The van der Waals surface area contributed by atoms with Crippen molar-refractivity contribution in [1.29, 1.82) is 0 Å². The molecule has 1 atom stereocenters. The Kier molecular flexibility index (Phi) is 7.44. The van der Waals surface area contributed by atoms with Gasteiger partial charge in [-0.2, -0.15) is 5.10 Å². The number of hydrogen-bond acceptors (Lipinski definition) is 3. The van der Waals surface area contributed by atoms with Crippen LogP contribution in [-0.4, -0.2) is 37.8 Å². The fraction of sp³-hybridized carbons (Fsp3) is 0.182. The molecule has 5 aromatic rings. The number of rotatable bonds is 8. The lowest BCUT2D eigenvalue weighted by atomic mass is 9.89. The molecular weight excluding hydrogens is 536 g/mol. The average molecular weight is 565 g/mol. The third-order valence-electron chi connectivity index (χ3n) is 7.57. The normalized spacial score (nSPS) is 13.8. The van der Waals surface area contributed by atoms with Crippen LogP contribution in [0.3, 0.4) is 0 Å². The van der Waals surface area contributed by atoms with Gasteiger partial charge in [-0.3, -0.25) is 4.79 Å². The topological polar surface area (TPSA) is 100 Å². The minimum Gasteiger partial charge on any atom is -0.480 e. The molecule has 3 aromatic carbocycles. The number of aliphatic carboxylic acids is 1. The maximum absolute atomic E-state index is 13.0. The van der Waals surface area contributed by atoms with Crippen molar-refractivity contribution in [1.82, 2.24) is 20.1 Å². The van der Waals surface area contributed by atoms with E-state index in [1.165, 1.54) is 30.0 Å². The number of fused-ring (bicyclic) bond motifs is 2. The number of carboxylic acids is 1. The van der Waals surface area contributed by atoms with E-state index in [0.717, 1.165) is 51.8 Å². The number of amides is 1. The molecule has 1 aliphatic carbocycles. The molecule has 0 saturated heterocycles. The second-order valence-corrected chi connectivity index (χ2v) is 10.8. The van der Waals surface area contributed by atoms with Crippen LogP contribution in [0, 0.1) is 0 Å². The monoisotopic (exact) mass is 564 g/mol. The minimum absolute atomic E-state index is 0.159. The largest absolute Gasteiger partial charge is 0.480 e. The number of carboxylic acid groups (broad SMARTS) is 1. The predicted molar refractivity (Wildman–Crippen MR) is 161 cm³/mol. The first-order valence-electron chi connectivity index (χ1n) is 13.7. The fourth-order valence-electron chi connectivity index (χ4n) is 5.47. The Balaban J connectivity index is 1.28. The molecule has 0 radical (unpaired) electrons. The highest BCUT2D eigenvalue weighted by molar-refractivity contribution is 6.30. The second kappa shape index (κ2) is 11.5. The Morgan fingerprint density at radius 1 is 1.05 bits per heavy atom. The van der Waals surface area contributed by atoms with Gasteiger partial charge >= 0.3 is 5.97 Å². The molecule has 0 aliphatic heterocycles. The first-order valence-corrected chi connectivity index (χ1v) is 14.1. The molecule has 206 valence electrons. The molecule has 7 nitrogen and oxygen atoms in total. The molecule has 2 heterocycles. The molecule has 0 spiro atoms. The van der Waals surface area contributed by atoms with Gasteiger partial charge in [-0.25, -0.2) is 9.48 Å². The van der Waals surface area contributed by atoms with E-state index in [-0.39, 0.29) is 6.42 Å². The summed E-state index contributed by atoms with van der Waals surface area (Å²) >= 11 is 6.24. The molecule has 6 rings (SSSR count). The summed E-state index contributed by atoms with van der Waals surface area (Å²) in [6.45, 7) is 0. The number of aromatic nitrogens is 3. The van der Waals surface area contributed by atoms with E-state index in [2.05, 4.69) is 28.5 Å². The third-order valence-corrected chi connectivity index (χ3v) is 7.80. The van der Waals surface area contributed by atoms with E-state index in [1.807, 2.05) is 48.7 Å². The van der Waals surface area contributed by atoms with E-state index in [0.29, 0.717) is 5.02 Å². The summed E-state index contributed by atoms with van der Waals surface area (Å²) in [6.07, 6.45) is 11.4. The number of aromatic amines is 1. The lowest BCUT2D eigenvalue weighted by molar-refractivity contribution is -0.141. The summed E-state index contributed by atoms with van der Waals surface area (Å²) in [5, 5.41) is 18.9. The van der Waals surface area contributed by atoms with E-state index >= 15 is 0 Å². The van der Waals surface area contributed by atoms with Gasteiger partial charge in [0.15, 0.2) is 0 Å². The molecule has 41 heavy (non-hydrogen) atoms. The molecule has 0 bridgehead atoms. The smallest absolute Gasteiger partial charge is 0.326 e. The Hall–Kier alpha value is -4.62. The van der Waals surface area contributed by atoms with Crippen LogP contribution in [-0.2, 0) is 28.9 Å². The van der Waals surface area contributed by atoms with Gasteiger partial charge in [0.25, 0.3) is 0 Å². The van der Waals surface area contributed by atoms with Gasteiger partial charge in [0, 0.05) is 51.9 Å². The molecule has 0 fully saturated rings. The Morgan fingerprint density at radius 3 is 2.71 bits per heavy atom. The zero-order valence-corrected chi connectivity index (χ0v) is 23.1. The van der Waals surface area contributed by atoms with Crippen molar-refractivity contribution >= 4 is 40.5 Å². The van der Waals surface area contributed by atoms with Crippen LogP contribution < -0.4 is 5.32 Å². The van der Waals surface area contributed by atoms with Crippen LogP contribution in [0.15, 0.2) is 85.2 Å². The summed E-state index contributed by atoms with van der Waals surface area (Å²) in [4.78, 5) is 28.2. The molecule has 1 amide bonds. The van der Waals surface area contributed by atoms with E-state index < -0.39 is 17.9 Å². The summed E-state index contributed by atoms with van der Waals surface area (Å²) < 4.78 is 1.75. The number of aryl methyl sites for hydroxylation is 2. The maximum atomic E-state index is 13.0. The van der Waals surface area contributed by atoms with Crippen LogP contribution in [0.5, 0.6) is 0 Å². The SMILES string of the molecule is O=C(C=Cc1cn(-c2cccc(Cl)c2)nc1-c1ccc2c(c1)CCCC2)N[C@@H](Cc1c[nH]c2ccccc12)C(=O)O. The highest BCUT2D eigenvalue weighted by atomic mass is 35.5. The lowest BCUT2D eigenvalue weighted by Crippen LogP contribution is -2.41. The van der Waals surface area contributed by atoms with Gasteiger partial charge in [0.1, 0.15) is 6.04 Å². The zero-order valence-electron chi connectivity index (χ0n) is 22.3. The van der Waals surface area contributed by atoms with Crippen LogP contribution >= 0.6 is 11.6 Å². The third kappa shape index (κ3) is 5.81. The van der Waals surface area contributed by atoms with Crippen molar-refractivity contribution in [3.05, 3.63) is 112 Å². The van der Waals surface area contributed by atoms with Crippen LogP contribution in [0.4, 0.5) is 0 Å². The number of H-pyrrole nitrogens is 1. The van der Waals surface area contributed by atoms with Crippen molar-refractivity contribution in [3.63, 3.8) is 0 Å². The first-order chi connectivity index (χ1) is 19.9. The summed E-state index contributed by atoms with van der Waals surface area (Å²) in [6, 6.07) is 20.4. The number of para-hydroxylation sites is 1. The Bertz CT molecular complexity index is 1780. The van der Waals surface area contributed by atoms with Crippen molar-refractivity contribution < 1.29 is 14.7 Å². The number of halogens is 1. The first kappa shape index (κ1) is 26.6. The number of nitrogens with one attached hydrogen (secondary N) is 2. The van der Waals surface area contributed by atoms with Crippen molar-refractivity contribution in [2.75, 3.05) is 0 Å². The number of hydrogen-bond donors (Lipinski definition) is 3. The number of nitrogens with zero attached hydrogens (tertiary/aromatic N) is 2. The molecule has 3 N–H and O–H groups in total. The summed E-state index contributed by atoms with van der Waals surface area (Å²) in [5.74, 6) is -1.59. The van der Waals surface area contributed by atoms with E-state index in [9.17, 15) is 14.7 Å². The summed E-state index contributed by atoms with van der Waals surface area (Å²) in [7, 11) is 0. The van der Waals surface area contributed by atoms with Crippen molar-refractivity contribution in [3.8, 4) is 16.9 Å². The van der Waals surface area contributed by atoms with Gasteiger partial charge in [-0.05, 0) is 78.8 Å². The van der Waals surface area contributed by atoms with Crippen molar-refractivity contribution in [2.45, 2.75) is 38.1 Å². The molecule has 0 unspecified atom stereocenters. The second-order valence-electron chi connectivity index (χ2n) is 10.3. The van der Waals surface area contributed by atoms with Crippen LogP contribution in [0.2, 0.25) is 5.02 Å². The Morgan fingerprint density at radius 2 is 1.88 bits per heavy atom. The van der Waals surface area contributed by atoms with E-state index in [1.54, 1.807) is 23.0 Å². The predicted octanol–water partition coefficient (Wildman–Crippen LogP) is 6.38. The molecule has 8 heteroatoms. The molecular formula is C33H29ClN4O3. The number of benzene rings is 3. The number of carbonyl (C=O) groups is 2. The van der Waals surface area contributed by atoms with Gasteiger partial charge in [0.2, 0.25) is 5.91 Å². The van der Waals surface area contributed by atoms with Gasteiger partial charge in [-0.15, -0.1) is 0 Å². The van der Waals surface area contributed by atoms with Crippen molar-refractivity contribution in [2.24, 2.45) is 0 Å². The van der Waals surface area contributed by atoms with Gasteiger partial charge in [-0.1, -0.05) is 48.0 Å². The summed E-state index contributed by atoms with van der Waals surface area (Å²) in [5.41, 5.74) is 7.69. The standard InChI is InChI=1S/C33H29ClN4O3/c34-26-8-5-9-27(18-26)38-20-24(32(37-38)23-13-12-21-6-1-2-7-22(21)16-23)14-15-31(39)36-30(33(40)41)17-25-19-35-29-11-4-3-10-28(25)29/h3-5,8-16,18-20,30,35H,1-2,6-7,17H2,(H,36,39)(H,40,41)/t30-/m0/s1. The maximum Gasteiger partial charge on any atom is 0.326 e. The zero-order chi connectivity index (χ0) is 28.3. The fourth-order valence-corrected chi connectivity index (χ4v) is 5.66. The molecule has 1 aliphatic rings. The van der Waals surface area contributed by atoms with E-state index in [4.69, 9.17) is 16.7 Å². The van der Waals surface area contributed by atoms with Crippen LogP contribution in [0.1, 0.15) is 35.1 Å². The van der Waals surface area contributed by atoms with Gasteiger partial charge < -0.3 is 15.4 Å². The van der Waals surface area contributed by atoms with Crippen LogP contribution in [0.25, 0.3) is 33.9 Å². The lowest BCUT2D eigenvalue weighted by Gasteiger charge is -2.16. The minimum atomic E-state index is -1.10. The quantitative estimate of drug-likeness (QED) is 0.190.